The Morgan fingerprint density at radius 1 is 0.970 bits per heavy atom. The molecule has 3 aromatic rings. The SMILES string of the molecule is CCCc1sc(C(=O)/C=C/c2cccc(OCc3ccc(OCC)c(OCC)c3)c2)cc1Br. The summed E-state index contributed by atoms with van der Waals surface area (Å²) in [6.45, 7) is 7.59. The van der Waals surface area contributed by atoms with E-state index in [0.717, 1.165) is 50.6 Å². The van der Waals surface area contributed by atoms with Crippen LogP contribution in [-0.2, 0) is 13.0 Å². The van der Waals surface area contributed by atoms with Gasteiger partial charge >= 0.3 is 0 Å². The Labute approximate surface area is 208 Å². The zero-order chi connectivity index (χ0) is 23.6. The molecule has 0 bridgehead atoms. The number of hydrogen-bond donors (Lipinski definition) is 0. The van der Waals surface area contributed by atoms with E-state index < -0.39 is 0 Å². The van der Waals surface area contributed by atoms with E-state index in [9.17, 15) is 4.79 Å². The molecular formula is C27H29BrO4S. The third-order valence-electron chi connectivity index (χ3n) is 4.78. The second-order valence-electron chi connectivity index (χ2n) is 7.34. The summed E-state index contributed by atoms with van der Waals surface area (Å²) in [4.78, 5) is 14.6. The first-order valence-corrected chi connectivity index (χ1v) is 12.8. The Morgan fingerprint density at radius 2 is 1.76 bits per heavy atom. The molecule has 0 saturated heterocycles. The van der Waals surface area contributed by atoms with Gasteiger partial charge in [-0.3, -0.25) is 4.79 Å². The van der Waals surface area contributed by atoms with Crippen LogP contribution in [0.4, 0.5) is 0 Å². The van der Waals surface area contributed by atoms with Crippen molar-refractivity contribution in [3.05, 3.63) is 80.0 Å². The van der Waals surface area contributed by atoms with Crippen LogP contribution in [0.25, 0.3) is 6.08 Å². The average molecular weight is 529 g/mol. The second-order valence-corrected chi connectivity index (χ2v) is 9.33. The van der Waals surface area contributed by atoms with Crippen LogP contribution in [0, 0.1) is 0 Å². The Hall–Kier alpha value is -2.57. The van der Waals surface area contributed by atoms with Crippen molar-refractivity contribution >= 4 is 39.1 Å². The highest BCUT2D eigenvalue weighted by molar-refractivity contribution is 9.10. The molecule has 1 heterocycles. The topological polar surface area (TPSA) is 44.8 Å². The van der Waals surface area contributed by atoms with Gasteiger partial charge in [-0.2, -0.15) is 0 Å². The predicted molar refractivity (Wildman–Crippen MR) is 139 cm³/mol. The van der Waals surface area contributed by atoms with Crippen LogP contribution in [0.1, 0.15) is 52.9 Å². The number of ether oxygens (including phenoxy) is 3. The van der Waals surface area contributed by atoms with Crippen LogP contribution < -0.4 is 14.2 Å². The third-order valence-corrected chi connectivity index (χ3v) is 6.96. The molecule has 0 saturated carbocycles. The number of carbonyl (C=O) groups is 1. The van der Waals surface area contributed by atoms with Gasteiger partial charge in [0, 0.05) is 9.35 Å². The van der Waals surface area contributed by atoms with Crippen molar-refractivity contribution in [3.63, 3.8) is 0 Å². The first kappa shape index (κ1) is 25.1. The summed E-state index contributed by atoms with van der Waals surface area (Å²) in [5.74, 6) is 2.20. The molecule has 3 rings (SSSR count). The molecule has 0 amide bonds. The summed E-state index contributed by atoms with van der Waals surface area (Å²) in [5.41, 5.74) is 1.90. The van der Waals surface area contributed by atoms with Gasteiger partial charge in [0.25, 0.3) is 0 Å². The molecule has 0 aliphatic rings. The molecule has 0 aliphatic carbocycles. The maximum Gasteiger partial charge on any atom is 0.195 e. The average Bonchev–Trinajstić information content (AvgIpc) is 3.19. The maximum atomic E-state index is 12.6. The van der Waals surface area contributed by atoms with Crippen molar-refractivity contribution in [2.45, 2.75) is 40.2 Å². The van der Waals surface area contributed by atoms with Gasteiger partial charge in [0.1, 0.15) is 12.4 Å². The number of allylic oxidation sites excluding steroid dienone is 1. The fourth-order valence-corrected chi connectivity index (χ4v) is 5.13. The Kier molecular flexibility index (Phi) is 9.58. The van der Waals surface area contributed by atoms with Crippen molar-refractivity contribution in [3.8, 4) is 17.2 Å². The summed E-state index contributed by atoms with van der Waals surface area (Å²) in [7, 11) is 0. The van der Waals surface area contributed by atoms with E-state index in [1.54, 1.807) is 17.4 Å². The number of thiophene rings is 1. The van der Waals surface area contributed by atoms with Crippen molar-refractivity contribution < 1.29 is 19.0 Å². The van der Waals surface area contributed by atoms with Gasteiger partial charge < -0.3 is 14.2 Å². The predicted octanol–water partition coefficient (Wildman–Crippen LogP) is 7.74. The lowest BCUT2D eigenvalue weighted by molar-refractivity contribution is 0.105. The number of aryl methyl sites for hydroxylation is 1. The molecule has 174 valence electrons. The Balaban J connectivity index is 1.64. The van der Waals surface area contributed by atoms with E-state index in [0.29, 0.717) is 19.8 Å². The van der Waals surface area contributed by atoms with Crippen LogP contribution in [0.5, 0.6) is 17.2 Å². The molecule has 0 N–H and O–H groups in total. The summed E-state index contributed by atoms with van der Waals surface area (Å²) < 4.78 is 18.3. The molecule has 4 nitrogen and oxygen atoms in total. The van der Waals surface area contributed by atoms with Crippen LogP contribution in [0.2, 0.25) is 0 Å². The van der Waals surface area contributed by atoms with Crippen LogP contribution >= 0.6 is 27.3 Å². The summed E-state index contributed by atoms with van der Waals surface area (Å²) in [6.07, 6.45) is 5.47. The molecular weight excluding hydrogens is 500 g/mol. The lowest BCUT2D eigenvalue weighted by atomic mass is 10.1. The number of hydrogen-bond acceptors (Lipinski definition) is 5. The van der Waals surface area contributed by atoms with Crippen LogP contribution in [-0.4, -0.2) is 19.0 Å². The molecule has 2 aromatic carbocycles. The highest BCUT2D eigenvalue weighted by atomic mass is 79.9. The summed E-state index contributed by atoms with van der Waals surface area (Å²) >= 11 is 5.11. The lowest BCUT2D eigenvalue weighted by Gasteiger charge is -2.13. The molecule has 0 radical (unpaired) electrons. The summed E-state index contributed by atoms with van der Waals surface area (Å²) in [6, 6.07) is 15.4. The number of rotatable bonds is 12. The quantitative estimate of drug-likeness (QED) is 0.178. The van der Waals surface area contributed by atoms with Gasteiger partial charge in [-0.1, -0.05) is 37.6 Å². The van der Waals surface area contributed by atoms with E-state index in [1.165, 1.54) is 4.88 Å². The molecule has 0 atom stereocenters. The molecule has 0 unspecified atom stereocenters. The third kappa shape index (κ3) is 7.21. The van der Waals surface area contributed by atoms with Crippen LogP contribution in [0.3, 0.4) is 0 Å². The zero-order valence-corrected chi connectivity index (χ0v) is 21.6. The zero-order valence-electron chi connectivity index (χ0n) is 19.2. The number of benzene rings is 2. The fourth-order valence-electron chi connectivity index (χ4n) is 3.24. The molecule has 1 aromatic heterocycles. The van der Waals surface area contributed by atoms with Crippen molar-refractivity contribution in [2.24, 2.45) is 0 Å². The minimum Gasteiger partial charge on any atom is -0.490 e. The molecule has 0 fully saturated rings. The number of ketones is 1. The van der Waals surface area contributed by atoms with Gasteiger partial charge in [-0.05, 0) is 83.7 Å². The maximum absolute atomic E-state index is 12.6. The standard InChI is InChI=1S/C27H29BrO4S/c1-4-8-26-22(28)17-27(33-26)23(29)13-11-19-9-7-10-21(15-19)32-18-20-12-14-24(30-5-2)25(16-20)31-6-3/h7,9-17H,4-6,8,18H2,1-3H3/b13-11+. The minimum absolute atomic E-state index is 0.00668. The van der Waals surface area contributed by atoms with Gasteiger partial charge in [-0.15, -0.1) is 11.3 Å². The first-order valence-electron chi connectivity index (χ1n) is 11.2. The summed E-state index contributed by atoms with van der Waals surface area (Å²) in [5, 5.41) is 0. The Morgan fingerprint density at radius 3 is 2.52 bits per heavy atom. The minimum atomic E-state index is 0.00668. The van der Waals surface area contributed by atoms with E-state index in [4.69, 9.17) is 14.2 Å². The van der Waals surface area contributed by atoms with E-state index >= 15 is 0 Å². The van der Waals surface area contributed by atoms with Gasteiger partial charge in [-0.25, -0.2) is 0 Å². The van der Waals surface area contributed by atoms with Gasteiger partial charge in [0.15, 0.2) is 17.3 Å². The van der Waals surface area contributed by atoms with Gasteiger partial charge in [0.05, 0.1) is 18.1 Å². The number of carbonyl (C=O) groups excluding carboxylic acids is 1. The van der Waals surface area contributed by atoms with E-state index in [-0.39, 0.29) is 5.78 Å². The molecule has 0 spiro atoms. The van der Waals surface area contributed by atoms with Crippen molar-refractivity contribution in [1.29, 1.82) is 0 Å². The van der Waals surface area contributed by atoms with E-state index in [1.807, 2.05) is 68.5 Å². The lowest BCUT2D eigenvalue weighted by Crippen LogP contribution is -2.01. The normalized spacial score (nSPS) is 11.0. The number of halogens is 1. The molecule has 33 heavy (non-hydrogen) atoms. The van der Waals surface area contributed by atoms with Crippen molar-refractivity contribution in [1.82, 2.24) is 0 Å². The molecule has 0 aliphatic heterocycles. The highest BCUT2D eigenvalue weighted by Crippen LogP contribution is 2.30. The highest BCUT2D eigenvalue weighted by Gasteiger charge is 2.11. The fraction of sp³-hybridized carbons (Fsp3) is 0.296. The second kappa shape index (κ2) is 12.6. The monoisotopic (exact) mass is 528 g/mol. The van der Waals surface area contributed by atoms with Crippen LogP contribution in [0.15, 0.2) is 59.1 Å². The first-order chi connectivity index (χ1) is 16.0. The Bertz CT molecular complexity index is 1100. The van der Waals surface area contributed by atoms with Crippen molar-refractivity contribution in [2.75, 3.05) is 13.2 Å². The molecule has 6 heteroatoms. The van der Waals surface area contributed by atoms with E-state index in [2.05, 4.69) is 22.9 Å². The smallest absolute Gasteiger partial charge is 0.195 e. The largest absolute Gasteiger partial charge is 0.490 e. The van der Waals surface area contributed by atoms with Gasteiger partial charge in [0.2, 0.25) is 0 Å².